The minimum atomic E-state index is -0.721. The van der Waals surface area contributed by atoms with E-state index in [-0.39, 0.29) is 6.54 Å². The van der Waals surface area contributed by atoms with Crippen molar-refractivity contribution >= 4 is 40.3 Å². The van der Waals surface area contributed by atoms with Crippen LogP contribution < -0.4 is 15.5 Å². The van der Waals surface area contributed by atoms with Crippen LogP contribution in [0.2, 0.25) is 5.02 Å². The van der Waals surface area contributed by atoms with E-state index in [2.05, 4.69) is 15.5 Å². The van der Waals surface area contributed by atoms with Crippen LogP contribution in [0.5, 0.6) is 0 Å². The number of amides is 2. The zero-order chi connectivity index (χ0) is 17.6. The Bertz CT molecular complexity index is 705. The number of hydrogen-bond acceptors (Lipinski definition) is 5. The van der Waals surface area contributed by atoms with Crippen molar-refractivity contribution in [2.45, 2.75) is 6.10 Å². The molecule has 1 aromatic carbocycles. The molecule has 3 rings (SSSR count). The van der Waals surface area contributed by atoms with Gasteiger partial charge in [0.1, 0.15) is 6.10 Å². The number of rotatable bonds is 5. The molecule has 0 saturated carbocycles. The first-order valence-corrected chi connectivity index (χ1v) is 9.28. The van der Waals surface area contributed by atoms with Crippen molar-refractivity contribution in [2.24, 2.45) is 0 Å². The van der Waals surface area contributed by atoms with Gasteiger partial charge in [0.15, 0.2) is 0 Å². The Hall–Kier alpha value is -1.80. The molecule has 0 radical (unpaired) electrons. The summed E-state index contributed by atoms with van der Waals surface area (Å²) >= 11 is 7.64. The summed E-state index contributed by atoms with van der Waals surface area (Å²) in [5.41, 5.74) is 1.52. The predicted octanol–water partition coefficient (Wildman–Crippen LogP) is 3.09. The molecule has 2 heterocycles. The van der Waals surface area contributed by atoms with E-state index < -0.39 is 12.1 Å². The summed E-state index contributed by atoms with van der Waals surface area (Å²) in [5.74, 6) is 0. The topological polar surface area (TPSA) is 73.8 Å². The Morgan fingerprint density at radius 3 is 2.88 bits per heavy atom. The van der Waals surface area contributed by atoms with Gasteiger partial charge in [-0.15, -0.1) is 11.3 Å². The highest BCUT2D eigenvalue weighted by Gasteiger charge is 2.15. The van der Waals surface area contributed by atoms with E-state index in [1.807, 2.05) is 29.6 Å². The van der Waals surface area contributed by atoms with Gasteiger partial charge in [-0.25, -0.2) is 4.79 Å². The lowest BCUT2D eigenvalue weighted by Crippen LogP contribution is -2.36. The van der Waals surface area contributed by atoms with Crippen LogP contribution in [-0.2, 0) is 4.74 Å². The Labute approximate surface area is 155 Å². The van der Waals surface area contributed by atoms with E-state index in [0.717, 1.165) is 23.7 Å². The van der Waals surface area contributed by atoms with Gasteiger partial charge in [-0.2, -0.15) is 0 Å². The molecule has 134 valence electrons. The summed E-state index contributed by atoms with van der Waals surface area (Å²) in [4.78, 5) is 15.1. The fourth-order valence-electron chi connectivity index (χ4n) is 2.56. The number of anilines is 2. The summed E-state index contributed by atoms with van der Waals surface area (Å²) in [6, 6.07) is 8.83. The highest BCUT2D eigenvalue weighted by Crippen LogP contribution is 2.28. The number of benzene rings is 1. The molecule has 1 saturated heterocycles. The third-order valence-electron chi connectivity index (χ3n) is 3.90. The number of aliphatic hydroxyl groups is 1. The second kappa shape index (κ2) is 8.53. The zero-order valence-corrected chi connectivity index (χ0v) is 15.1. The highest BCUT2D eigenvalue weighted by molar-refractivity contribution is 7.10. The molecule has 1 unspecified atom stereocenters. The summed E-state index contributed by atoms with van der Waals surface area (Å²) in [6.45, 7) is 3.12. The van der Waals surface area contributed by atoms with Gasteiger partial charge in [0.05, 0.1) is 30.5 Å². The number of nitrogens with one attached hydrogen (secondary N) is 2. The van der Waals surface area contributed by atoms with Crippen LogP contribution in [0.15, 0.2) is 35.7 Å². The highest BCUT2D eigenvalue weighted by atomic mass is 35.5. The van der Waals surface area contributed by atoms with Crippen LogP contribution in [0.4, 0.5) is 16.2 Å². The largest absolute Gasteiger partial charge is 0.386 e. The molecule has 2 aromatic rings. The van der Waals surface area contributed by atoms with Crippen molar-refractivity contribution in [1.29, 1.82) is 0 Å². The molecule has 1 atom stereocenters. The molecule has 1 fully saturated rings. The quantitative estimate of drug-likeness (QED) is 0.744. The SMILES string of the molecule is O=C(NCC(O)c1cccs1)Nc1cc(N2CCOCC2)ccc1Cl. The lowest BCUT2D eigenvalue weighted by molar-refractivity contribution is 0.122. The number of carbonyl (C=O) groups excluding carboxylic acids is 1. The third-order valence-corrected chi connectivity index (χ3v) is 5.21. The summed E-state index contributed by atoms with van der Waals surface area (Å²) < 4.78 is 5.35. The molecule has 8 heteroatoms. The maximum absolute atomic E-state index is 12.1. The van der Waals surface area contributed by atoms with Crippen molar-refractivity contribution in [3.8, 4) is 0 Å². The summed E-state index contributed by atoms with van der Waals surface area (Å²) in [5, 5.41) is 17.8. The van der Waals surface area contributed by atoms with Gasteiger partial charge < -0.3 is 25.4 Å². The van der Waals surface area contributed by atoms with E-state index in [9.17, 15) is 9.90 Å². The summed E-state index contributed by atoms with van der Waals surface area (Å²) in [7, 11) is 0. The maximum atomic E-state index is 12.1. The standard InChI is InChI=1S/C17H20ClN3O3S/c18-13-4-3-12(21-5-7-24-8-6-21)10-14(13)20-17(23)19-11-15(22)16-2-1-9-25-16/h1-4,9-10,15,22H,5-8,11H2,(H2,19,20,23). The number of hydrogen-bond donors (Lipinski definition) is 3. The molecule has 1 aromatic heterocycles. The van der Waals surface area contributed by atoms with Crippen LogP contribution in [0, 0.1) is 0 Å². The predicted molar refractivity (Wildman–Crippen MR) is 101 cm³/mol. The van der Waals surface area contributed by atoms with Crippen molar-refractivity contribution in [2.75, 3.05) is 43.1 Å². The third kappa shape index (κ3) is 4.85. The molecule has 0 spiro atoms. The van der Waals surface area contributed by atoms with Gasteiger partial charge in [-0.3, -0.25) is 0 Å². The van der Waals surface area contributed by atoms with Gasteiger partial charge in [-0.05, 0) is 29.6 Å². The van der Waals surface area contributed by atoms with E-state index in [1.165, 1.54) is 11.3 Å². The number of halogens is 1. The van der Waals surface area contributed by atoms with Crippen LogP contribution in [0.3, 0.4) is 0 Å². The van der Waals surface area contributed by atoms with E-state index >= 15 is 0 Å². The monoisotopic (exact) mass is 381 g/mol. The van der Waals surface area contributed by atoms with Gasteiger partial charge >= 0.3 is 6.03 Å². The van der Waals surface area contributed by atoms with Crippen molar-refractivity contribution in [1.82, 2.24) is 5.32 Å². The minimum Gasteiger partial charge on any atom is -0.386 e. The van der Waals surface area contributed by atoms with E-state index in [0.29, 0.717) is 23.9 Å². The number of aliphatic hydroxyl groups excluding tert-OH is 1. The molecular weight excluding hydrogens is 362 g/mol. The van der Waals surface area contributed by atoms with E-state index in [1.54, 1.807) is 6.07 Å². The summed E-state index contributed by atoms with van der Waals surface area (Å²) in [6.07, 6.45) is -0.721. The van der Waals surface area contributed by atoms with E-state index in [4.69, 9.17) is 16.3 Å². The van der Waals surface area contributed by atoms with Gasteiger partial charge in [-0.1, -0.05) is 17.7 Å². The normalized spacial score (nSPS) is 15.7. The number of ether oxygens (including phenoxy) is 1. The molecular formula is C17H20ClN3O3S. The molecule has 3 N–H and O–H groups in total. The van der Waals surface area contributed by atoms with Crippen molar-refractivity contribution in [3.05, 3.63) is 45.6 Å². The smallest absolute Gasteiger partial charge is 0.319 e. The number of carbonyl (C=O) groups is 1. The lowest BCUT2D eigenvalue weighted by atomic mass is 10.2. The fraction of sp³-hybridized carbons (Fsp3) is 0.353. The Morgan fingerprint density at radius 1 is 1.36 bits per heavy atom. The van der Waals surface area contributed by atoms with Crippen molar-refractivity contribution in [3.63, 3.8) is 0 Å². The first-order valence-electron chi connectivity index (χ1n) is 8.02. The van der Waals surface area contributed by atoms with Crippen LogP contribution >= 0.6 is 22.9 Å². The molecule has 2 amide bonds. The molecule has 25 heavy (non-hydrogen) atoms. The first-order chi connectivity index (χ1) is 12.1. The lowest BCUT2D eigenvalue weighted by Gasteiger charge is -2.29. The Kier molecular flexibility index (Phi) is 6.14. The number of urea groups is 1. The van der Waals surface area contributed by atoms with Gasteiger partial charge in [0, 0.05) is 23.7 Å². The number of thiophene rings is 1. The fourth-order valence-corrected chi connectivity index (χ4v) is 3.44. The first kappa shape index (κ1) is 18.0. The maximum Gasteiger partial charge on any atom is 0.319 e. The van der Waals surface area contributed by atoms with Gasteiger partial charge in [0.2, 0.25) is 0 Å². The van der Waals surface area contributed by atoms with Crippen LogP contribution in [0.1, 0.15) is 11.0 Å². The van der Waals surface area contributed by atoms with Crippen molar-refractivity contribution < 1.29 is 14.6 Å². The number of morpholine rings is 1. The second-order valence-electron chi connectivity index (χ2n) is 5.63. The average Bonchev–Trinajstić information content (AvgIpc) is 3.17. The Balaban J connectivity index is 1.58. The van der Waals surface area contributed by atoms with Crippen LogP contribution in [-0.4, -0.2) is 44.0 Å². The zero-order valence-electron chi connectivity index (χ0n) is 13.6. The average molecular weight is 382 g/mol. The Morgan fingerprint density at radius 2 is 2.16 bits per heavy atom. The molecule has 1 aliphatic heterocycles. The molecule has 6 nitrogen and oxygen atoms in total. The van der Waals surface area contributed by atoms with Crippen LogP contribution in [0.25, 0.3) is 0 Å². The minimum absolute atomic E-state index is 0.132. The molecule has 0 bridgehead atoms. The molecule has 1 aliphatic rings. The number of nitrogens with zero attached hydrogens (tertiary/aromatic N) is 1. The second-order valence-corrected chi connectivity index (χ2v) is 7.02. The molecule has 0 aliphatic carbocycles. The van der Waals surface area contributed by atoms with Gasteiger partial charge in [0.25, 0.3) is 0 Å².